The molecule has 1 heterocycles. The number of nitrogens with zero attached hydrogens (tertiary/aromatic N) is 1. The smallest absolute Gasteiger partial charge is 0.240 e. The van der Waals surface area contributed by atoms with Crippen LogP contribution in [0.15, 0.2) is 78.9 Å². The van der Waals surface area contributed by atoms with Crippen LogP contribution in [0.1, 0.15) is 42.0 Å². The van der Waals surface area contributed by atoms with E-state index < -0.39 is 0 Å². The van der Waals surface area contributed by atoms with E-state index in [1.807, 2.05) is 71.6 Å². The fraction of sp³-hybridized carbons (Fsp3) is 0.296. The topological polar surface area (TPSA) is 32.3 Å². The van der Waals surface area contributed by atoms with Gasteiger partial charge in [-0.3, -0.25) is 4.79 Å². The Kier molecular flexibility index (Phi) is 7.85. The molecule has 5 heteroatoms. The van der Waals surface area contributed by atoms with Gasteiger partial charge in [0, 0.05) is 16.6 Å². The highest BCUT2D eigenvalue weighted by molar-refractivity contribution is 6.30. The number of nitrogens with one attached hydrogen (secondary N) is 1. The number of hydrogen-bond acceptors (Lipinski definition) is 2. The molecular weight excluding hydrogens is 439 g/mol. The normalized spacial score (nSPS) is 19.8. The summed E-state index contributed by atoms with van der Waals surface area (Å²) in [5.74, 6) is 0.130. The second-order valence-electron chi connectivity index (χ2n) is 8.35. The SMILES string of the molecule is O=C1[C@H](Cc2ccccc2)NCCCC[C@H](c2ccc(Cl)cc2)N1Cc1ccc(Cl)cc1. The van der Waals surface area contributed by atoms with Crippen molar-refractivity contribution in [1.82, 2.24) is 10.2 Å². The molecule has 0 spiro atoms. The van der Waals surface area contributed by atoms with E-state index in [0.29, 0.717) is 23.0 Å². The maximum absolute atomic E-state index is 14.0. The zero-order valence-electron chi connectivity index (χ0n) is 18.0. The lowest BCUT2D eigenvalue weighted by Gasteiger charge is -2.35. The highest BCUT2D eigenvalue weighted by Crippen LogP contribution is 2.31. The summed E-state index contributed by atoms with van der Waals surface area (Å²) in [5.41, 5.74) is 3.35. The lowest BCUT2D eigenvalue weighted by atomic mass is 9.97. The summed E-state index contributed by atoms with van der Waals surface area (Å²) in [7, 11) is 0. The molecule has 0 bridgehead atoms. The Balaban J connectivity index is 1.68. The third kappa shape index (κ3) is 5.92. The van der Waals surface area contributed by atoms with Crippen LogP contribution in [-0.4, -0.2) is 23.4 Å². The van der Waals surface area contributed by atoms with E-state index in [1.54, 1.807) is 0 Å². The molecule has 1 saturated heterocycles. The number of carbonyl (C=O) groups is 1. The first-order valence-corrected chi connectivity index (χ1v) is 11.9. The van der Waals surface area contributed by atoms with Gasteiger partial charge in [-0.2, -0.15) is 0 Å². The second kappa shape index (κ2) is 11.0. The summed E-state index contributed by atoms with van der Waals surface area (Å²) in [6.45, 7) is 1.38. The standard InChI is InChI=1S/C27H28Cl2N2O/c28-23-13-9-21(10-14-23)19-31-26(22-11-15-24(29)16-12-22)8-4-5-17-30-25(27(31)32)18-20-6-2-1-3-7-20/h1-3,6-7,9-16,25-26,30H,4-5,8,17-19H2/t25-,26+/m0/s1. The molecule has 0 saturated carbocycles. The third-order valence-electron chi connectivity index (χ3n) is 6.06. The van der Waals surface area contributed by atoms with Crippen LogP contribution >= 0.6 is 23.2 Å². The van der Waals surface area contributed by atoms with Crippen LogP contribution in [0, 0.1) is 0 Å². The molecule has 3 aromatic rings. The van der Waals surface area contributed by atoms with Gasteiger partial charge in [-0.1, -0.05) is 77.8 Å². The largest absolute Gasteiger partial charge is 0.330 e. The molecule has 0 aliphatic carbocycles. The summed E-state index contributed by atoms with van der Waals surface area (Å²) >= 11 is 12.3. The van der Waals surface area contributed by atoms with Crippen molar-refractivity contribution in [3.8, 4) is 0 Å². The van der Waals surface area contributed by atoms with E-state index in [9.17, 15) is 4.79 Å². The Bertz CT molecular complexity index is 1010. The molecule has 32 heavy (non-hydrogen) atoms. The molecule has 2 atom stereocenters. The fourth-order valence-corrected chi connectivity index (χ4v) is 4.60. The van der Waals surface area contributed by atoms with Crippen molar-refractivity contribution < 1.29 is 4.79 Å². The number of benzene rings is 3. The van der Waals surface area contributed by atoms with Crippen molar-refractivity contribution >= 4 is 29.1 Å². The van der Waals surface area contributed by atoms with Gasteiger partial charge in [0.2, 0.25) is 5.91 Å². The number of hydrogen-bond donors (Lipinski definition) is 1. The van der Waals surface area contributed by atoms with Gasteiger partial charge in [0.15, 0.2) is 0 Å². The maximum atomic E-state index is 14.0. The van der Waals surface area contributed by atoms with Gasteiger partial charge in [-0.15, -0.1) is 0 Å². The van der Waals surface area contributed by atoms with E-state index in [4.69, 9.17) is 23.2 Å². The molecule has 166 valence electrons. The highest BCUT2D eigenvalue weighted by Gasteiger charge is 2.31. The number of amides is 1. The van der Waals surface area contributed by atoms with Crippen LogP contribution in [0.5, 0.6) is 0 Å². The minimum atomic E-state index is -0.266. The minimum Gasteiger partial charge on any atom is -0.330 e. The number of rotatable bonds is 5. The molecule has 3 nitrogen and oxygen atoms in total. The predicted molar refractivity (Wildman–Crippen MR) is 132 cm³/mol. The minimum absolute atomic E-state index is 0.00591. The first kappa shape index (κ1) is 22.8. The van der Waals surface area contributed by atoms with Crippen LogP contribution in [0.25, 0.3) is 0 Å². The molecule has 4 rings (SSSR count). The molecule has 0 unspecified atom stereocenters. The average Bonchev–Trinajstić information content (AvgIpc) is 2.88. The van der Waals surface area contributed by atoms with Crippen LogP contribution < -0.4 is 5.32 Å². The summed E-state index contributed by atoms with van der Waals surface area (Å²) in [4.78, 5) is 16.0. The van der Waals surface area contributed by atoms with Crippen LogP contribution in [0.3, 0.4) is 0 Å². The molecule has 1 aliphatic rings. The zero-order chi connectivity index (χ0) is 22.3. The summed E-state index contributed by atoms with van der Waals surface area (Å²) in [5, 5.41) is 4.93. The van der Waals surface area contributed by atoms with Gasteiger partial charge in [0.25, 0.3) is 0 Å². The Morgan fingerprint density at radius 2 is 1.47 bits per heavy atom. The molecule has 1 amide bonds. The molecule has 0 aromatic heterocycles. The predicted octanol–water partition coefficient (Wildman–Crippen LogP) is 6.45. The van der Waals surface area contributed by atoms with Crippen molar-refractivity contribution in [2.75, 3.05) is 6.54 Å². The Hall–Kier alpha value is -2.33. The number of halogens is 2. The molecule has 0 radical (unpaired) electrons. The third-order valence-corrected chi connectivity index (χ3v) is 6.56. The van der Waals surface area contributed by atoms with E-state index in [2.05, 4.69) is 17.4 Å². The lowest BCUT2D eigenvalue weighted by Crippen LogP contribution is -2.48. The average molecular weight is 467 g/mol. The Morgan fingerprint density at radius 1 is 0.812 bits per heavy atom. The van der Waals surface area contributed by atoms with Gasteiger partial charge >= 0.3 is 0 Å². The first-order chi connectivity index (χ1) is 15.6. The Labute approximate surface area is 200 Å². The van der Waals surface area contributed by atoms with Crippen LogP contribution in [-0.2, 0) is 17.8 Å². The maximum Gasteiger partial charge on any atom is 0.240 e. The summed E-state index contributed by atoms with van der Waals surface area (Å²) in [6.07, 6.45) is 3.67. The lowest BCUT2D eigenvalue weighted by molar-refractivity contribution is -0.136. The highest BCUT2D eigenvalue weighted by atomic mass is 35.5. The zero-order valence-corrected chi connectivity index (χ0v) is 19.5. The molecule has 1 fully saturated rings. The van der Waals surface area contributed by atoms with Crippen molar-refractivity contribution in [2.45, 2.75) is 44.3 Å². The van der Waals surface area contributed by atoms with E-state index >= 15 is 0 Å². The van der Waals surface area contributed by atoms with E-state index in [1.165, 1.54) is 0 Å². The Morgan fingerprint density at radius 3 is 2.16 bits per heavy atom. The van der Waals surface area contributed by atoms with Gasteiger partial charge < -0.3 is 10.2 Å². The van der Waals surface area contributed by atoms with Crippen LogP contribution in [0.2, 0.25) is 10.0 Å². The van der Waals surface area contributed by atoms with E-state index in [0.717, 1.165) is 42.5 Å². The molecular formula is C27H28Cl2N2O. The monoisotopic (exact) mass is 466 g/mol. The van der Waals surface area contributed by atoms with Gasteiger partial charge in [0.05, 0.1) is 12.1 Å². The summed E-state index contributed by atoms with van der Waals surface area (Å²) in [6, 6.07) is 25.6. The second-order valence-corrected chi connectivity index (χ2v) is 9.23. The molecule has 3 aromatic carbocycles. The van der Waals surface area contributed by atoms with Crippen LogP contribution in [0.4, 0.5) is 0 Å². The van der Waals surface area contributed by atoms with Crippen molar-refractivity contribution in [1.29, 1.82) is 0 Å². The van der Waals surface area contributed by atoms with Gasteiger partial charge in [0.1, 0.15) is 0 Å². The van der Waals surface area contributed by atoms with Crippen molar-refractivity contribution in [3.63, 3.8) is 0 Å². The summed E-state index contributed by atoms with van der Waals surface area (Å²) < 4.78 is 0. The quantitative estimate of drug-likeness (QED) is 0.468. The van der Waals surface area contributed by atoms with E-state index in [-0.39, 0.29) is 18.0 Å². The van der Waals surface area contributed by atoms with Crippen molar-refractivity contribution in [3.05, 3.63) is 106 Å². The first-order valence-electron chi connectivity index (χ1n) is 11.2. The van der Waals surface area contributed by atoms with Crippen molar-refractivity contribution in [2.24, 2.45) is 0 Å². The van der Waals surface area contributed by atoms with Gasteiger partial charge in [-0.05, 0) is 73.2 Å². The fourth-order valence-electron chi connectivity index (χ4n) is 4.35. The number of carbonyl (C=O) groups excluding carboxylic acids is 1. The molecule has 1 aliphatic heterocycles. The molecule has 1 N–H and O–H groups in total. The van der Waals surface area contributed by atoms with Gasteiger partial charge in [-0.25, -0.2) is 0 Å².